The molecule has 2 heterocycles. The number of nitrogens with one attached hydrogen (secondary N) is 3. The molecular formula is C29H25Cl2N5O2. The molecule has 0 unspecified atom stereocenters. The van der Waals surface area contributed by atoms with Gasteiger partial charge in [-0.2, -0.15) is 5.26 Å². The number of ether oxygens (including phenoxy) is 1. The summed E-state index contributed by atoms with van der Waals surface area (Å²) in [5, 5.41) is 20.8. The van der Waals surface area contributed by atoms with Gasteiger partial charge in [0.2, 0.25) is 5.91 Å². The van der Waals surface area contributed by atoms with Crippen LogP contribution in [0.5, 0.6) is 5.75 Å². The Bertz CT molecular complexity index is 1540. The van der Waals surface area contributed by atoms with Crippen molar-refractivity contribution in [1.29, 1.82) is 5.26 Å². The lowest BCUT2D eigenvalue weighted by atomic mass is 10.0. The first-order valence-corrected chi connectivity index (χ1v) is 13.0. The van der Waals surface area contributed by atoms with Crippen LogP contribution in [0.1, 0.15) is 24.0 Å². The molecule has 1 aromatic heterocycles. The summed E-state index contributed by atoms with van der Waals surface area (Å²) < 4.78 is 5.31. The Morgan fingerprint density at radius 1 is 1.13 bits per heavy atom. The number of carbonyl (C=O) groups excluding carboxylic acids is 1. The van der Waals surface area contributed by atoms with E-state index < -0.39 is 0 Å². The summed E-state index contributed by atoms with van der Waals surface area (Å²) in [6, 6.07) is 19.4. The van der Waals surface area contributed by atoms with Crippen molar-refractivity contribution in [3.63, 3.8) is 0 Å². The second-order valence-electron chi connectivity index (χ2n) is 9.05. The SMILES string of the molecule is COc1cc(Nc2c(C#N)cnc3cc(-c4ccc(CNC(=O)[C@H]5CCCN5)cc4)ccc23)c(Cl)cc1Cl. The fourth-order valence-corrected chi connectivity index (χ4v) is 5.05. The van der Waals surface area contributed by atoms with Crippen LogP contribution in [0.4, 0.5) is 11.4 Å². The van der Waals surface area contributed by atoms with Crippen molar-refractivity contribution in [2.75, 3.05) is 19.0 Å². The summed E-state index contributed by atoms with van der Waals surface area (Å²) in [6.45, 7) is 1.38. The van der Waals surface area contributed by atoms with Gasteiger partial charge < -0.3 is 20.7 Å². The first kappa shape index (κ1) is 25.8. The largest absolute Gasteiger partial charge is 0.495 e. The van der Waals surface area contributed by atoms with Crippen molar-refractivity contribution in [1.82, 2.24) is 15.6 Å². The zero-order valence-electron chi connectivity index (χ0n) is 20.6. The third-order valence-electron chi connectivity index (χ3n) is 6.62. The second kappa shape index (κ2) is 11.3. The number of nitrogens with zero attached hydrogens (tertiary/aromatic N) is 2. The van der Waals surface area contributed by atoms with E-state index in [-0.39, 0.29) is 11.9 Å². The molecule has 0 spiro atoms. The summed E-state index contributed by atoms with van der Waals surface area (Å²) >= 11 is 12.6. The van der Waals surface area contributed by atoms with Crippen molar-refractivity contribution >= 4 is 51.4 Å². The Morgan fingerprint density at radius 3 is 2.63 bits per heavy atom. The molecule has 0 radical (unpaired) electrons. The number of fused-ring (bicyclic) bond motifs is 1. The van der Waals surface area contributed by atoms with Gasteiger partial charge in [0.15, 0.2) is 0 Å². The summed E-state index contributed by atoms with van der Waals surface area (Å²) in [4.78, 5) is 16.8. The summed E-state index contributed by atoms with van der Waals surface area (Å²) in [5.41, 5.74) is 5.30. The number of halogens is 2. The number of rotatable bonds is 7. The lowest BCUT2D eigenvalue weighted by Gasteiger charge is -2.15. The van der Waals surface area contributed by atoms with Crippen LogP contribution in [0, 0.1) is 11.3 Å². The number of amides is 1. The summed E-state index contributed by atoms with van der Waals surface area (Å²) in [6.07, 6.45) is 3.46. The maximum atomic E-state index is 12.3. The molecule has 1 aliphatic rings. The van der Waals surface area contributed by atoms with Gasteiger partial charge in [-0.3, -0.25) is 9.78 Å². The van der Waals surface area contributed by atoms with Crippen LogP contribution < -0.4 is 20.7 Å². The molecule has 1 aliphatic heterocycles. The van der Waals surface area contributed by atoms with E-state index in [1.54, 1.807) is 18.3 Å². The fourth-order valence-electron chi connectivity index (χ4n) is 4.54. The molecule has 0 aliphatic carbocycles. The molecule has 3 aromatic carbocycles. The Balaban J connectivity index is 1.39. The van der Waals surface area contributed by atoms with Crippen LogP contribution in [0.25, 0.3) is 22.0 Å². The number of hydrogen-bond donors (Lipinski definition) is 3. The van der Waals surface area contributed by atoms with Crippen LogP contribution in [-0.4, -0.2) is 30.6 Å². The molecular weight excluding hydrogens is 521 g/mol. The molecule has 1 amide bonds. The minimum atomic E-state index is -0.0851. The molecule has 4 aromatic rings. The highest BCUT2D eigenvalue weighted by Gasteiger charge is 2.21. The summed E-state index contributed by atoms with van der Waals surface area (Å²) in [5.74, 6) is 0.516. The molecule has 0 saturated carbocycles. The fraction of sp³-hybridized carbons (Fsp3) is 0.207. The predicted octanol–water partition coefficient (Wildman–Crippen LogP) is 6.20. The van der Waals surface area contributed by atoms with E-state index in [4.69, 9.17) is 27.9 Å². The van der Waals surface area contributed by atoms with E-state index >= 15 is 0 Å². The van der Waals surface area contributed by atoms with Crippen LogP contribution >= 0.6 is 23.2 Å². The number of pyridine rings is 1. The molecule has 0 bridgehead atoms. The van der Waals surface area contributed by atoms with Gasteiger partial charge in [-0.05, 0) is 48.2 Å². The standard InChI is InChI=1S/C29H25Cl2N5O2/c1-38-27-13-26(22(30)12-23(27)31)36-28-20(14-32)16-34-25-11-19(8-9-21(25)28)18-6-4-17(5-7-18)15-35-29(37)24-3-2-10-33-24/h4-9,11-13,16,24,33H,2-3,10,15H2,1H3,(H,34,36)(H,35,37)/t24-/m1/s1. The predicted molar refractivity (Wildman–Crippen MR) is 151 cm³/mol. The number of aromatic nitrogens is 1. The van der Waals surface area contributed by atoms with Crippen molar-refractivity contribution < 1.29 is 9.53 Å². The summed E-state index contributed by atoms with van der Waals surface area (Å²) in [7, 11) is 1.53. The van der Waals surface area contributed by atoms with Gasteiger partial charge >= 0.3 is 0 Å². The van der Waals surface area contributed by atoms with Gasteiger partial charge in [0, 0.05) is 24.2 Å². The molecule has 1 fully saturated rings. The minimum absolute atomic E-state index is 0.0478. The quantitative estimate of drug-likeness (QED) is 0.255. The van der Waals surface area contributed by atoms with Gasteiger partial charge in [0.05, 0.1) is 45.7 Å². The molecule has 5 rings (SSSR count). The van der Waals surface area contributed by atoms with E-state index in [0.717, 1.165) is 47.0 Å². The van der Waals surface area contributed by atoms with Crippen LogP contribution in [-0.2, 0) is 11.3 Å². The van der Waals surface area contributed by atoms with Crippen molar-refractivity contribution in [2.24, 2.45) is 0 Å². The number of methoxy groups -OCH3 is 1. The zero-order chi connectivity index (χ0) is 26.6. The minimum Gasteiger partial charge on any atom is -0.495 e. The number of hydrogen-bond acceptors (Lipinski definition) is 6. The van der Waals surface area contributed by atoms with E-state index in [2.05, 4.69) is 27.0 Å². The van der Waals surface area contributed by atoms with Crippen molar-refractivity contribution in [2.45, 2.75) is 25.4 Å². The van der Waals surface area contributed by atoms with Crippen LogP contribution in [0.3, 0.4) is 0 Å². The van der Waals surface area contributed by atoms with Gasteiger partial charge in [-0.1, -0.05) is 59.6 Å². The molecule has 1 atom stereocenters. The van der Waals surface area contributed by atoms with Gasteiger partial charge in [0.25, 0.3) is 0 Å². The topological polar surface area (TPSA) is 99.1 Å². The highest BCUT2D eigenvalue weighted by atomic mass is 35.5. The molecule has 38 heavy (non-hydrogen) atoms. The lowest BCUT2D eigenvalue weighted by Crippen LogP contribution is -2.39. The Hall–Kier alpha value is -3.83. The molecule has 1 saturated heterocycles. The number of anilines is 2. The second-order valence-corrected chi connectivity index (χ2v) is 9.86. The van der Waals surface area contributed by atoms with Crippen LogP contribution in [0.2, 0.25) is 10.0 Å². The number of nitriles is 1. The van der Waals surface area contributed by atoms with E-state index in [9.17, 15) is 10.1 Å². The highest BCUT2D eigenvalue weighted by molar-refractivity contribution is 6.37. The average Bonchev–Trinajstić information content (AvgIpc) is 3.48. The van der Waals surface area contributed by atoms with Gasteiger partial charge in [-0.25, -0.2) is 0 Å². The Morgan fingerprint density at radius 2 is 1.92 bits per heavy atom. The zero-order valence-corrected chi connectivity index (χ0v) is 22.2. The molecule has 7 nitrogen and oxygen atoms in total. The Kier molecular flexibility index (Phi) is 7.66. The maximum absolute atomic E-state index is 12.3. The van der Waals surface area contributed by atoms with Crippen LogP contribution in [0.15, 0.2) is 60.8 Å². The first-order chi connectivity index (χ1) is 18.5. The Labute approximate surface area is 230 Å². The van der Waals surface area contributed by atoms with Gasteiger partial charge in [0.1, 0.15) is 11.8 Å². The monoisotopic (exact) mass is 545 g/mol. The van der Waals surface area contributed by atoms with E-state index in [1.807, 2.05) is 42.5 Å². The van der Waals surface area contributed by atoms with Crippen molar-refractivity contribution in [3.8, 4) is 22.9 Å². The third kappa shape index (κ3) is 5.39. The third-order valence-corrected chi connectivity index (χ3v) is 7.23. The average molecular weight is 546 g/mol. The van der Waals surface area contributed by atoms with E-state index in [1.165, 1.54) is 7.11 Å². The molecule has 9 heteroatoms. The normalized spacial score (nSPS) is 14.7. The lowest BCUT2D eigenvalue weighted by molar-refractivity contribution is -0.122. The van der Waals surface area contributed by atoms with Gasteiger partial charge in [-0.15, -0.1) is 0 Å². The number of carbonyl (C=O) groups is 1. The van der Waals surface area contributed by atoms with E-state index in [0.29, 0.717) is 39.3 Å². The maximum Gasteiger partial charge on any atom is 0.237 e. The molecule has 3 N–H and O–H groups in total. The smallest absolute Gasteiger partial charge is 0.237 e. The number of benzene rings is 3. The molecule has 192 valence electrons. The highest BCUT2D eigenvalue weighted by Crippen LogP contribution is 2.38. The first-order valence-electron chi connectivity index (χ1n) is 12.2. The van der Waals surface area contributed by atoms with Crippen molar-refractivity contribution in [3.05, 3.63) is 82.0 Å².